The van der Waals surface area contributed by atoms with Crippen LogP contribution in [0.1, 0.15) is 12.8 Å². The van der Waals surface area contributed by atoms with Crippen LogP contribution in [-0.2, 0) is 0 Å². The fourth-order valence-corrected chi connectivity index (χ4v) is 4.03. The summed E-state index contributed by atoms with van der Waals surface area (Å²) in [4.78, 5) is 4.31. The molecule has 0 radical (unpaired) electrons. The molecule has 0 saturated carbocycles. The minimum Gasteiger partial charge on any atom is -0.395 e. The van der Waals surface area contributed by atoms with Gasteiger partial charge < -0.3 is 11.1 Å². The Morgan fingerprint density at radius 2 is 2.41 bits per heavy atom. The summed E-state index contributed by atoms with van der Waals surface area (Å²) in [6, 6.07) is 4.16. The third-order valence-corrected chi connectivity index (χ3v) is 5.28. The minimum atomic E-state index is 0.737. The maximum Gasteiger partial charge on any atom is 0.106 e. The van der Waals surface area contributed by atoms with Gasteiger partial charge in [-0.2, -0.15) is 11.8 Å². The van der Waals surface area contributed by atoms with Gasteiger partial charge in [0.15, 0.2) is 0 Å². The number of nitrogens with zero attached hydrogens (tertiary/aromatic N) is 1. The quantitative estimate of drug-likeness (QED) is 0.837. The minimum absolute atomic E-state index is 0.737. The van der Waals surface area contributed by atoms with Gasteiger partial charge in [-0.25, -0.2) is 4.98 Å². The zero-order valence-electron chi connectivity index (χ0n) is 9.48. The molecule has 1 aromatic carbocycles. The first-order valence-corrected chi connectivity index (χ1v) is 7.74. The van der Waals surface area contributed by atoms with Crippen LogP contribution in [0, 0.1) is 0 Å². The second kappa shape index (κ2) is 4.74. The van der Waals surface area contributed by atoms with Crippen LogP contribution in [0.15, 0.2) is 17.6 Å². The highest BCUT2D eigenvalue weighted by molar-refractivity contribution is 8.00. The van der Waals surface area contributed by atoms with Crippen molar-refractivity contribution in [2.45, 2.75) is 18.1 Å². The Balaban J connectivity index is 1.77. The summed E-state index contributed by atoms with van der Waals surface area (Å²) in [5.74, 6) is 1.30. The predicted molar refractivity (Wildman–Crippen MR) is 78.0 cm³/mol. The van der Waals surface area contributed by atoms with E-state index in [2.05, 4.69) is 34.2 Å². The van der Waals surface area contributed by atoms with Gasteiger partial charge in [0.1, 0.15) is 5.52 Å². The van der Waals surface area contributed by atoms with E-state index in [0.717, 1.165) is 33.4 Å². The molecular formula is C12H15N3S2. The van der Waals surface area contributed by atoms with Gasteiger partial charge in [-0.05, 0) is 30.7 Å². The second-order valence-corrected chi connectivity index (χ2v) is 6.54. The first-order chi connectivity index (χ1) is 8.34. The number of hydrogen-bond donors (Lipinski definition) is 2. The highest BCUT2D eigenvalue weighted by atomic mass is 32.2. The molecule has 0 bridgehead atoms. The number of nitrogens with two attached hydrogens (primary N) is 1. The van der Waals surface area contributed by atoms with Crippen molar-refractivity contribution < 1.29 is 0 Å². The Labute approximate surface area is 109 Å². The van der Waals surface area contributed by atoms with Crippen molar-refractivity contribution in [3.05, 3.63) is 17.6 Å². The van der Waals surface area contributed by atoms with Crippen molar-refractivity contribution in [2.75, 3.05) is 23.3 Å². The molecule has 1 aliphatic rings. The van der Waals surface area contributed by atoms with Crippen molar-refractivity contribution in [1.82, 2.24) is 4.98 Å². The summed E-state index contributed by atoms with van der Waals surface area (Å²) < 4.78 is 1.16. The van der Waals surface area contributed by atoms with Crippen molar-refractivity contribution in [2.24, 2.45) is 0 Å². The van der Waals surface area contributed by atoms with Gasteiger partial charge in [0.2, 0.25) is 0 Å². The lowest BCUT2D eigenvalue weighted by atomic mass is 10.2. The fourth-order valence-electron chi connectivity index (χ4n) is 2.14. The van der Waals surface area contributed by atoms with Crippen LogP contribution in [0.3, 0.4) is 0 Å². The van der Waals surface area contributed by atoms with E-state index in [-0.39, 0.29) is 0 Å². The van der Waals surface area contributed by atoms with Crippen LogP contribution >= 0.6 is 23.1 Å². The molecule has 3 N–H and O–H groups in total. The zero-order chi connectivity index (χ0) is 11.7. The van der Waals surface area contributed by atoms with E-state index in [0.29, 0.717) is 0 Å². The van der Waals surface area contributed by atoms with Crippen molar-refractivity contribution in [3.8, 4) is 0 Å². The molecule has 1 aromatic heterocycles. The number of nitrogen functional groups attached to an aromatic ring is 1. The van der Waals surface area contributed by atoms with E-state index in [1.807, 2.05) is 5.51 Å². The van der Waals surface area contributed by atoms with Crippen LogP contribution < -0.4 is 11.1 Å². The van der Waals surface area contributed by atoms with Gasteiger partial charge in [-0.15, -0.1) is 11.3 Å². The smallest absolute Gasteiger partial charge is 0.106 e. The summed E-state index contributed by atoms with van der Waals surface area (Å²) >= 11 is 3.69. The number of thiazole rings is 1. The van der Waals surface area contributed by atoms with Crippen LogP contribution in [-0.4, -0.2) is 22.5 Å². The highest BCUT2D eigenvalue weighted by Gasteiger charge is 2.15. The van der Waals surface area contributed by atoms with Gasteiger partial charge in [-0.1, -0.05) is 0 Å². The summed E-state index contributed by atoms with van der Waals surface area (Å²) in [6.45, 7) is 1.00. The summed E-state index contributed by atoms with van der Waals surface area (Å²) in [6.07, 6.45) is 2.66. The molecule has 90 valence electrons. The number of aromatic nitrogens is 1. The Morgan fingerprint density at radius 1 is 1.47 bits per heavy atom. The molecule has 1 fully saturated rings. The molecule has 3 rings (SSSR count). The van der Waals surface area contributed by atoms with E-state index < -0.39 is 0 Å². The molecule has 1 aliphatic heterocycles. The Bertz CT molecular complexity index is 517. The fraction of sp³-hybridized carbons (Fsp3) is 0.417. The predicted octanol–water partition coefficient (Wildman–Crippen LogP) is 3.19. The average molecular weight is 265 g/mol. The van der Waals surface area contributed by atoms with Gasteiger partial charge in [-0.3, -0.25) is 0 Å². The van der Waals surface area contributed by atoms with Gasteiger partial charge >= 0.3 is 0 Å². The molecule has 0 aliphatic carbocycles. The van der Waals surface area contributed by atoms with Crippen LogP contribution in [0.4, 0.5) is 11.4 Å². The molecule has 17 heavy (non-hydrogen) atoms. The third kappa shape index (κ3) is 2.21. The molecule has 1 unspecified atom stereocenters. The normalized spacial score (nSPS) is 19.9. The number of hydrogen-bond acceptors (Lipinski definition) is 5. The number of thioether (sulfide) groups is 1. The maximum atomic E-state index is 6.12. The molecule has 1 atom stereocenters. The Morgan fingerprint density at radius 3 is 3.24 bits per heavy atom. The van der Waals surface area contributed by atoms with Crippen molar-refractivity contribution in [1.29, 1.82) is 0 Å². The van der Waals surface area contributed by atoms with E-state index in [4.69, 9.17) is 5.73 Å². The first kappa shape index (κ1) is 11.2. The Hall–Kier alpha value is -0.940. The zero-order valence-corrected chi connectivity index (χ0v) is 11.1. The average Bonchev–Trinajstić information content (AvgIpc) is 2.99. The SMILES string of the molecule is Nc1c(NCC2CCCS2)ccc2scnc12. The lowest BCUT2D eigenvalue weighted by molar-refractivity contribution is 0.806. The molecule has 3 nitrogen and oxygen atoms in total. The summed E-state index contributed by atoms with van der Waals surface area (Å²) in [7, 11) is 0. The second-order valence-electron chi connectivity index (χ2n) is 4.24. The van der Waals surface area contributed by atoms with Gasteiger partial charge in [0.25, 0.3) is 0 Å². The largest absolute Gasteiger partial charge is 0.395 e. The van der Waals surface area contributed by atoms with E-state index >= 15 is 0 Å². The number of benzene rings is 1. The standard InChI is InChI=1S/C12H15N3S2/c13-11-9(14-6-8-2-1-5-16-8)3-4-10-12(11)15-7-17-10/h3-4,7-8,14H,1-2,5-6,13H2. The highest BCUT2D eigenvalue weighted by Crippen LogP contribution is 2.31. The first-order valence-electron chi connectivity index (χ1n) is 5.82. The number of anilines is 2. The van der Waals surface area contributed by atoms with Crippen LogP contribution in [0.2, 0.25) is 0 Å². The van der Waals surface area contributed by atoms with E-state index in [1.165, 1.54) is 18.6 Å². The third-order valence-electron chi connectivity index (χ3n) is 3.09. The van der Waals surface area contributed by atoms with Gasteiger partial charge in [0, 0.05) is 11.8 Å². The van der Waals surface area contributed by atoms with E-state index in [9.17, 15) is 0 Å². The molecule has 1 saturated heterocycles. The van der Waals surface area contributed by atoms with Gasteiger partial charge in [0.05, 0.1) is 21.6 Å². The lowest BCUT2D eigenvalue weighted by Gasteiger charge is -2.13. The molecule has 2 heterocycles. The van der Waals surface area contributed by atoms with E-state index in [1.54, 1.807) is 11.3 Å². The lowest BCUT2D eigenvalue weighted by Crippen LogP contribution is -2.14. The van der Waals surface area contributed by atoms with Crippen molar-refractivity contribution >= 4 is 44.7 Å². The molecular weight excluding hydrogens is 250 g/mol. The van der Waals surface area contributed by atoms with Crippen LogP contribution in [0.25, 0.3) is 10.2 Å². The van der Waals surface area contributed by atoms with Crippen LogP contribution in [0.5, 0.6) is 0 Å². The number of rotatable bonds is 3. The molecule has 0 amide bonds. The number of nitrogens with one attached hydrogen (secondary N) is 1. The molecule has 2 aromatic rings. The summed E-state index contributed by atoms with van der Waals surface area (Å²) in [5, 5.41) is 4.19. The Kier molecular flexibility index (Phi) is 3.11. The maximum absolute atomic E-state index is 6.12. The summed E-state index contributed by atoms with van der Waals surface area (Å²) in [5.41, 5.74) is 10.7. The molecule has 5 heteroatoms. The topological polar surface area (TPSA) is 50.9 Å². The monoisotopic (exact) mass is 265 g/mol. The number of fused-ring (bicyclic) bond motifs is 1. The van der Waals surface area contributed by atoms with Crippen molar-refractivity contribution in [3.63, 3.8) is 0 Å². The molecule has 0 spiro atoms.